The van der Waals surface area contributed by atoms with Crippen LogP contribution in [0.5, 0.6) is 0 Å². The summed E-state index contributed by atoms with van der Waals surface area (Å²) in [6.45, 7) is -1.43. The lowest BCUT2D eigenvalue weighted by Gasteiger charge is -2.48. The molecule has 1 saturated carbocycles. The average molecular weight is 687 g/mol. The summed E-state index contributed by atoms with van der Waals surface area (Å²) in [5, 5.41) is 86.1. The highest BCUT2D eigenvalue weighted by Gasteiger charge is 2.54. The molecule has 21 nitrogen and oxygen atoms in total. The molecule has 4 aliphatic rings. The first kappa shape index (κ1) is 38.5. The molecule has 3 aliphatic heterocycles. The van der Waals surface area contributed by atoms with E-state index in [1.54, 1.807) is 0 Å². The molecule has 47 heavy (non-hydrogen) atoms. The minimum Gasteiger partial charge on any atom is -0.394 e. The second kappa shape index (κ2) is 16.6. The van der Waals surface area contributed by atoms with Gasteiger partial charge in [-0.05, 0) is 6.42 Å². The maximum atomic E-state index is 12.5. The van der Waals surface area contributed by atoms with Crippen LogP contribution >= 0.6 is 0 Å². The number of carbonyl (C=O) groups excluding carboxylic acids is 1. The third kappa shape index (κ3) is 8.37. The SMILES string of the molecule is NCC(O)C(=O)NC1CC(N)C(OC2OC(CN)C(O)C(O)C2N)C(OC2OC(CO)C(OC3CC(O)C(O)C(CN)O3)C2O)C1O. The van der Waals surface area contributed by atoms with Gasteiger partial charge in [-0.15, -0.1) is 0 Å². The molecule has 19 unspecified atom stereocenters. The van der Waals surface area contributed by atoms with Gasteiger partial charge in [0.1, 0.15) is 73.2 Å². The van der Waals surface area contributed by atoms with Crippen molar-refractivity contribution in [3.8, 4) is 0 Å². The highest BCUT2D eigenvalue weighted by atomic mass is 16.8. The van der Waals surface area contributed by atoms with Gasteiger partial charge in [0.15, 0.2) is 18.9 Å². The first-order valence-electron chi connectivity index (χ1n) is 15.5. The third-order valence-corrected chi connectivity index (χ3v) is 8.99. The molecule has 0 aromatic heterocycles. The molecule has 4 rings (SSSR count). The normalized spacial score (nSPS) is 48.3. The Balaban J connectivity index is 1.55. The molecule has 0 radical (unpaired) electrons. The highest BCUT2D eigenvalue weighted by Crippen LogP contribution is 2.34. The zero-order valence-electron chi connectivity index (χ0n) is 25.5. The van der Waals surface area contributed by atoms with Crippen molar-refractivity contribution in [2.75, 3.05) is 26.2 Å². The van der Waals surface area contributed by atoms with Gasteiger partial charge in [-0.2, -0.15) is 0 Å². The van der Waals surface area contributed by atoms with Crippen LogP contribution in [0.2, 0.25) is 0 Å². The molecule has 0 spiro atoms. The molecule has 274 valence electrons. The van der Waals surface area contributed by atoms with Crippen molar-refractivity contribution in [3.05, 3.63) is 0 Å². The van der Waals surface area contributed by atoms with Gasteiger partial charge < -0.3 is 103 Å². The maximum Gasteiger partial charge on any atom is 0.250 e. The fourth-order valence-corrected chi connectivity index (χ4v) is 6.19. The van der Waals surface area contributed by atoms with Crippen LogP contribution in [0.25, 0.3) is 0 Å². The van der Waals surface area contributed by atoms with Crippen LogP contribution in [0.1, 0.15) is 12.8 Å². The number of carbonyl (C=O) groups is 1. The lowest BCUT2D eigenvalue weighted by molar-refractivity contribution is -0.307. The van der Waals surface area contributed by atoms with Gasteiger partial charge in [-0.25, -0.2) is 0 Å². The van der Waals surface area contributed by atoms with Crippen LogP contribution in [0, 0.1) is 0 Å². The van der Waals surface area contributed by atoms with E-state index in [9.17, 15) is 45.6 Å². The molecule has 19 N–H and O–H groups in total. The molecule has 0 aromatic carbocycles. The summed E-state index contributed by atoms with van der Waals surface area (Å²) in [6, 6.07) is -3.48. The van der Waals surface area contributed by atoms with Gasteiger partial charge in [0.2, 0.25) is 5.91 Å². The Bertz CT molecular complexity index is 1010. The van der Waals surface area contributed by atoms with Gasteiger partial charge in [0, 0.05) is 32.1 Å². The minimum atomic E-state index is -1.65. The number of ether oxygens (including phenoxy) is 6. The van der Waals surface area contributed by atoms with E-state index in [4.69, 9.17) is 57.1 Å². The van der Waals surface area contributed by atoms with E-state index in [1.807, 2.05) is 0 Å². The van der Waals surface area contributed by atoms with Crippen molar-refractivity contribution in [3.63, 3.8) is 0 Å². The monoisotopic (exact) mass is 686 g/mol. The van der Waals surface area contributed by atoms with Crippen LogP contribution in [0.15, 0.2) is 0 Å². The van der Waals surface area contributed by atoms with E-state index in [1.165, 1.54) is 0 Å². The summed E-state index contributed by atoms with van der Waals surface area (Å²) in [7, 11) is 0. The molecule has 3 saturated heterocycles. The quantitative estimate of drug-likeness (QED) is 0.0905. The van der Waals surface area contributed by atoms with E-state index in [0.717, 1.165) is 0 Å². The number of hydrogen-bond acceptors (Lipinski definition) is 20. The van der Waals surface area contributed by atoms with Crippen molar-refractivity contribution in [1.29, 1.82) is 0 Å². The van der Waals surface area contributed by atoms with E-state index in [2.05, 4.69) is 5.32 Å². The van der Waals surface area contributed by atoms with E-state index < -0.39 is 135 Å². The summed E-state index contributed by atoms with van der Waals surface area (Å²) in [5.74, 6) is -0.899. The second-order valence-corrected chi connectivity index (χ2v) is 12.2. The second-order valence-electron chi connectivity index (χ2n) is 12.2. The largest absolute Gasteiger partial charge is 0.394 e. The third-order valence-electron chi connectivity index (χ3n) is 8.99. The lowest BCUT2D eigenvalue weighted by Crippen LogP contribution is -2.69. The lowest BCUT2D eigenvalue weighted by atomic mass is 9.83. The van der Waals surface area contributed by atoms with E-state index >= 15 is 0 Å². The maximum absolute atomic E-state index is 12.5. The number of aliphatic hydroxyl groups excluding tert-OH is 8. The predicted molar refractivity (Wildman–Crippen MR) is 154 cm³/mol. The minimum absolute atomic E-state index is 0.128. The number of hydrogen-bond donors (Lipinski definition) is 14. The van der Waals surface area contributed by atoms with Crippen molar-refractivity contribution >= 4 is 5.91 Å². The van der Waals surface area contributed by atoms with Crippen LogP contribution in [0.4, 0.5) is 0 Å². The van der Waals surface area contributed by atoms with Crippen molar-refractivity contribution in [1.82, 2.24) is 5.32 Å². The molecule has 19 atom stereocenters. The Morgan fingerprint density at radius 2 is 1.36 bits per heavy atom. The van der Waals surface area contributed by atoms with Gasteiger partial charge in [-0.3, -0.25) is 4.79 Å². The smallest absolute Gasteiger partial charge is 0.250 e. The first-order chi connectivity index (χ1) is 22.3. The molecule has 0 aromatic rings. The summed E-state index contributed by atoms with van der Waals surface area (Å²) >= 11 is 0. The van der Waals surface area contributed by atoms with Crippen LogP contribution in [-0.4, -0.2) is 189 Å². The molecular weight excluding hydrogens is 636 g/mol. The highest BCUT2D eigenvalue weighted by molar-refractivity contribution is 5.81. The summed E-state index contributed by atoms with van der Waals surface area (Å²) in [5.41, 5.74) is 29.2. The molecule has 21 heteroatoms. The van der Waals surface area contributed by atoms with Crippen LogP contribution in [-0.2, 0) is 33.2 Å². The van der Waals surface area contributed by atoms with E-state index in [0.29, 0.717) is 0 Å². The van der Waals surface area contributed by atoms with Gasteiger partial charge in [0.05, 0.1) is 24.8 Å². The zero-order valence-corrected chi connectivity index (χ0v) is 25.5. The Hall–Kier alpha value is -1.29. The Kier molecular flexibility index (Phi) is 13.6. The number of nitrogens with one attached hydrogen (secondary N) is 1. The zero-order chi connectivity index (χ0) is 34.7. The molecule has 4 fully saturated rings. The fourth-order valence-electron chi connectivity index (χ4n) is 6.19. The molecule has 3 heterocycles. The number of aliphatic hydroxyl groups is 8. The Labute approximate surface area is 269 Å². The standard InChI is InChI=1S/C26H50N6O15/c27-3-10(35)24(41)32-8-1-7(30)21(46-25-15(31)19(39)18(38)12(5-29)43-25)23(16(8)36)47-26-20(40)22(13(6-33)44-26)45-14-2-9(34)17(37)11(4-28)42-14/h7-23,25-26,33-40H,1-6,27-31H2,(H,32,41). The summed E-state index contributed by atoms with van der Waals surface area (Å²) < 4.78 is 34.9. The molecule has 1 aliphatic carbocycles. The summed E-state index contributed by atoms with van der Waals surface area (Å²) in [6.07, 6.45) is -22.3. The average Bonchev–Trinajstić information content (AvgIpc) is 3.35. The van der Waals surface area contributed by atoms with Crippen molar-refractivity contribution < 1.29 is 74.1 Å². The van der Waals surface area contributed by atoms with Crippen molar-refractivity contribution in [2.45, 2.75) is 129 Å². The van der Waals surface area contributed by atoms with Crippen LogP contribution < -0.4 is 34.0 Å². The predicted octanol–water partition coefficient (Wildman–Crippen LogP) is -9.36. The topological polar surface area (TPSA) is 376 Å². The van der Waals surface area contributed by atoms with Crippen molar-refractivity contribution in [2.24, 2.45) is 28.7 Å². The van der Waals surface area contributed by atoms with Gasteiger partial charge in [0.25, 0.3) is 0 Å². The van der Waals surface area contributed by atoms with Gasteiger partial charge in [-0.1, -0.05) is 0 Å². The van der Waals surface area contributed by atoms with Gasteiger partial charge >= 0.3 is 0 Å². The number of rotatable bonds is 12. The Morgan fingerprint density at radius 1 is 0.745 bits per heavy atom. The molecular formula is C26H50N6O15. The van der Waals surface area contributed by atoms with Crippen LogP contribution in [0.3, 0.4) is 0 Å². The van der Waals surface area contributed by atoms with E-state index in [-0.39, 0.29) is 25.9 Å². The fraction of sp³-hybridized carbons (Fsp3) is 0.962. The molecule has 0 bridgehead atoms. The number of amides is 1. The summed E-state index contributed by atoms with van der Waals surface area (Å²) in [4.78, 5) is 12.5. The molecule has 1 amide bonds. The number of nitrogens with two attached hydrogens (primary N) is 5. The first-order valence-corrected chi connectivity index (χ1v) is 15.5. The Morgan fingerprint density at radius 3 is 1.98 bits per heavy atom.